The average molecular weight is 360 g/mol. The molecular formula is C18H18NO7-. The van der Waals surface area contributed by atoms with E-state index in [1.54, 1.807) is 12.2 Å². The van der Waals surface area contributed by atoms with Gasteiger partial charge in [0.15, 0.2) is 0 Å². The number of benzene rings is 1. The number of hydrogen-bond acceptors (Lipinski definition) is 7. The molecule has 0 heterocycles. The predicted molar refractivity (Wildman–Crippen MR) is 88.1 cm³/mol. The molecule has 1 aromatic rings. The van der Waals surface area contributed by atoms with Gasteiger partial charge in [0.05, 0.1) is 31.3 Å². The Morgan fingerprint density at radius 2 is 1.42 bits per heavy atom. The number of nitrogens with one attached hydrogen (secondary N) is 1. The number of aliphatic carboxylic acids is 1. The number of rotatable bonds is 5. The molecule has 1 aliphatic rings. The Morgan fingerprint density at radius 3 is 1.88 bits per heavy atom. The van der Waals surface area contributed by atoms with Gasteiger partial charge in [-0.2, -0.15) is 0 Å². The van der Waals surface area contributed by atoms with E-state index in [0.717, 1.165) is 0 Å². The van der Waals surface area contributed by atoms with Crippen LogP contribution in [0.1, 0.15) is 33.6 Å². The number of carbonyl (C=O) groups excluding carboxylic acids is 4. The minimum atomic E-state index is -1.30. The number of esters is 2. The van der Waals surface area contributed by atoms with Crippen molar-refractivity contribution >= 4 is 29.5 Å². The van der Waals surface area contributed by atoms with Crippen LogP contribution in [-0.2, 0) is 19.1 Å². The summed E-state index contributed by atoms with van der Waals surface area (Å²) in [6.45, 7) is 0. The van der Waals surface area contributed by atoms with Crippen molar-refractivity contribution in [2.24, 2.45) is 11.8 Å². The molecule has 1 aliphatic carbocycles. The van der Waals surface area contributed by atoms with E-state index in [9.17, 15) is 24.3 Å². The van der Waals surface area contributed by atoms with Gasteiger partial charge in [-0.25, -0.2) is 9.59 Å². The number of hydrogen-bond donors (Lipinski definition) is 1. The van der Waals surface area contributed by atoms with Crippen molar-refractivity contribution in [1.29, 1.82) is 0 Å². The van der Waals surface area contributed by atoms with Crippen molar-refractivity contribution < 1.29 is 33.8 Å². The van der Waals surface area contributed by atoms with E-state index in [1.165, 1.54) is 32.4 Å². The summed E-state index contributed by atoms with van der Waals surface area (Å²) in [6.07, 6.45) is 3.88. The highest BCUT2D eigenvalue weighted by molar-refractivity contribution is 6.00. The van der Waals surface area contributed by atoms with E-state index in [1.807, 2.05) is 0 Å². The van der Waals surface area contributed by atoms with E-state index in [0.29, 0.717) is 0 Å². The van der Waals surface area contributed by atoms with Gasteiger partial charge in [-0.1, -0.05) is 12.2 Å². The van der Waals surface area contributed by atoms with Gasteiger partial charge in [0.1, 0.15) is 0 Å². The van der Waals surface area contributed by atoms with Crippen LogP contribution in [0.2, 0.25) is 0 Å². The minimum absolute atomic E-state index is 0.0469. The van der Waals surface area contributed by atoms with Gasteiger partial charge >= 0.3 is 11.9 Å². The smallest absolute Gasteiger partial charge is 0.337 e. The van der Waals surface area contributed by atoms with Crippen molar-refractivity contribution in [3.8, 4) is 0 Å². The fraction of sp³-hybridized carbons (Fsp3) is 0.333. The Kier molecular flexibility index (Phi) is 6.11. The first kappa shape index (κ1) is 19.2. The van der Waals surface area contributed by atoms with Gasteiger partial charge in [0.2, 0.25) is 5.91 Å². The number of anilines is 1. The highest BCUT2D eigenvalue weighted by atomic mass is 16.5. The van der Waals surface area contributed by atoms with Crippen LogP contribution in [0.3, 0.4) is 0 Å². The molecule has 0 bridgehead atoms. The first-order valence-electron chi connectivity index (χ1n) is 7.85. The summed E-state index contributed by atoms with van der Waals surface area (Å²) in [4.78, 5) is 47.3. The average Bonchev–Trinajstić information content (AvgIpc) is 2.66. The molecule has 2 rings (SSSR count). The van der Waals surface area contributed by atoms with Crippen molar-refractivity contribution in [3.63, 3.8) is 0 Å². The quantitative estimate of drug-likeness (QED) is 0.600. The van der Waals surface area contributed by atoms with Crippen LogP contribution in [0.15, 0.2) is 30.4 Å². The summed E-state index contributed by atoms with van der Waals surface area (Å²) in [5.41, 5.74) is 0.251. The van der Waals surface area contributed by atoms with Crippen LogP contribution in [0.4, 0.5) is 5.69 Å². The first-order chi connectivity index (χ1) is 12.4. The lowest BCUT2D eigenvalue weighted by molar-refractivity contribution is -0.313. The SMILES string of the molecule is COC(=O)c1cc(NC(=O)[C@@H]2CC=CC[C@@H]2C(=O)[O-])cc(C(=O)OC)c1. The second-order valence-electron chi connectivity index (χ2n) is 5.75. The normalized spacial score (nSPS) is 18.7. The molecule has 1 N–H and O–H groups in total. The molecule has 0 saturated heterocycles. The molecule has 0 aromatic heterocycles. The van der Waals surface area contributed by atoms with Gasteiger partial charge in [0, 0.05) is 17.6 Å². The van der Waals surface area contributed by atoms with E-state index in [-0.39, 0.29) is 29.7 Å². The Labute approximate surface area is 149 Å². The van der Waals surface area contributed by atoms with Crippen molar-refractivity contribution in [1.82, 2.24) is 0 Å². The van der Waals surface area contributed by atoms with Gasteiger partial charge in [-0.3, -0.25) is 4.79 Å². The topological polar surface area (TPSA) is 122 Å². The molecule has 0 saturated carbocycles. The molecular weight excluding hydrogens is 342 g/mol. The molecule has 138 valence electrons. The van der Waals surface area contributed by atoms with Crippen LogP contribution < -0.4 is 10.4 Å². The van der Waals surface area contributed by atoms with Gasteiger partial charge in [-0.05, 0) is 31.0 Å². The number of carboxylic acid groups (broad SMARTS) is 1. The lowest BCUT2D eigenvalue weighted by atomic mass is 9.82. The molecule has 0 spiro atoms. The Balaban J connectivity index is 2.30. The number of allylic oxidation sites excluding steroid dienone is 2. The summed E-state index contributed by atoms with van der Waals surface area (Å²) in [6, 6.07) is 3.95. The van der Waals surface area contributed by atoms with Crippen molar-refractivity contribution in [3.05, 3.63) is 41.5 Å². The third kappa shape index (κ3) is 4.27. The molecule has 8 nitrogen and oxygen atoms in total. The monoisotopic (exact) mass is 360 g/mol. The van der Waals surface area contributed by atoms with Crippen LogP contribution in [-0.4, -0.2) is 38.0 Å². The third-order valence-electron chi connectivity index (χ3n) is 4.11. The summed E-state index contributed by atoms with van der Waals surface area (Å²) in [5, 5.41) is 13.8. The zero-order valence-electron chi connectivity index (χ0n) is 14.3. The number of methoxy groups -OCH3 is 2. The van der Waals surface area contributed by atoms with Gasteiger partial charge in [0.25, 0.3) is 0 Å². The van der Waals surface area contributed by atoms with Crippen LogP contribution in [0.5, 0.6) is 0 Å². The molecule has 1 aromatic carbocycles. The highest BCUT2D eigenvalue weighted by Crippen LogP contribution is 2.27. The van der Waals surface area contributed by atoms with E-state index in [2.05, 4.69) is 14.8 Å². The summed E-state index contributed by atoms with van der Waals surface area (Å²) in [5.74, 6) is -4.98. The van der Waals surface area contributed by atoms with E-state index < -0.39 is 35.7 Å². The number of carboxylic acids is 1. The molecule has 1 amide bonds. The second kappa shape index (κ2) is 8.28. The summed E-state index contributed by atoms with van der Waals surface area (Å²) < 4.78 is 9.26. The lowest BCUT2D eigenvalue weighted by Crippen LogP contribution is -2.41. The maximum Gasteiger partial charge on any atom is 0.337 e. The largest absolute Gasteiger partial charge is 0.550 e. The summed E-state index contributed by atoms with van der Waals surface area (Å²) >= 11 is 0. The maximum absolute atomic E-state index is 12.5. The molecule has 0 aliphatic heterocycles. The standard InChI is InChI=1S/C18H19NO7/c1-25-17(23)10-7-11(18(24)26-2)9-12(8-10)19-15(20)13-5-3-4-6-14(13)16(21)22/h3-4,7-9,13-14H,5-6H2,1-2H3,(H,19,20)(H,21,22)/p-1/t13-,14+/m1/s1. The first-order valence-corrected chi connectivity index (χ1v) is 7.85. The van der Waals surface area contributed by atoms with Crippen LogP contribution in [0, 0.1) is 11.8 Å². The molecule has 26 heavy (non-hydrogen) atoms. The fourth-order valence-electron chi connectivity index (χ4n) is 2.77. The van der Waals surface area contributed by atoms with Crippen LogP contribution >= 0.6 is 0 Å². The van der Waals surface area contributed by atoms with Gasteiger partial charge < -0.3 is 24.7 Å². The van der Waals surface area contributed by atoms with E-state index >= 15 is 0 Å². The van der Waals surface area contributed by atoms with E-state index in [4.69, 9.17) is 0 Å². The number of ether oxygens (including phenoxy) is 2. The molecule has 0 radical (unpaired) electrons. The molecule has 0 unspecified atom stereocenters. The van der Waals surface area contributed by atoms with Gasteiger partial charge in [-0.15, -0.1) is 0 Å². The van der Waals surface area contributed by atoms with Crippen molar-refractivity contribution in [2.45, 2.75) is 12.8 Å². The second-order valence-corrected chi connectivity index (χ2v) is 5.75. The zero-order valence-corrected chi connectivity index (χ0v) is 14.3. The molecule has 0 fully saturated rings. The Morgan fingerprint density at radius 1 is 0.923 bits per heavy atom. The van der Waals surface area contributed by atoms with Crippen LogP contribution in [0.25, 0.3) is 0 Å². The Bertz CT molecular complexity index is 735. The third-order valence-corrected chi connectivity index (χ3v) is 4.11. The van der Waals surface area contributed by atoms with Crippen molar-refractivity contribution in [2.75, 3.05) is 19.5 Å². The Hall–Kier alpha value is -3.16. The zero-order chi connectivity index (χ0) is 19.3. The lowest BCUT2D eigenvalue weighted by Gasteiger charge is -2.28. The number of amides is 1. The molecule has 8 heteroatoms. The summed E-state index contributed by atoms with van der Waals surface area (Å²) in [7, 11) is 2.37. The highest BCUT2D eigenvalue weighted by Gasteiger charge is 2.30. The fourth-order valence-corrected chi connectivity index (χ4v) is 2.77. The minimum Gasteiger partial charge on any atom is -0.550 e. The number of carbonyl (C=O) groups is 4. The maximum atomic E-state index is 12.5. The molecule has 2 atom stereocenters. The predicted octanol–water partition coefficient (Wildman–Crippen LogP) is 0.531.